The molecular formula is C24H45NO8. The van der Waals surface area contributed by atoms with Crippen LogP contribution in [0.1, 0.15) is 67.7 Å². The van der Waals surface area contributed by atoms with Crippen LogP contribution in [0, 0.1) is 16.2 Å². The first kappa shape index (κ1) is 31.3. The second-order valence-corrected chi connectivity index (χ2v) is 9.80. The molecule has 2 N–H and O–H groups in total. The molecule has 9 nitrogen and oxygen atoms in total. The zero-order valence-corrected chi connectivity index (χ0v) is 21.7. The third-order valence-corrected chi connectivity index (χ3v) is 6.27. The van der Waals surface area contributed by atoms with Crippen molar-refractivity contribution in [2.45, 2.75) is 73.8 Å². The number of rotatable bonds is 16. The van der Waals surface area contributed by atoms with E-state index in [4.69, 9.17) is 19.3 Å². The van der Waals surface area contributed by atoms with Gasteiger partial charge in [-0.2, -0.15) is 0 Å². The summed E-state index contributed by atoms with van der Waals surface area (Å²) in [5.41, 5.74) is -3.25. The maximum atomic E-state index is 13.3. The van der Waals surface area contributed by atoms with Crippen molar-refractivity contribution in [2.75, 3.05) is 46.6 Å². The van der Waals surface area contributed by atoms with Crippen LogP contribution >= 0.6 is 0 Å². The molecule has 194 valence electrons. The fourth-order valence-corrected chi connectivity index (χ4v) is 4.10. The number of ether oxygens (including phenoxy) is 3. The molecule has 0 aliphatic heterocycles. The Bertz CT molecular complexity index is 634. The smallest absolute Gasteiger partial charge is 0.311 e. The minimum atomic E-state index is -1.18. The van der Waals surface area contributed by atoms with E-state index in [0.717, 1.165) is 13.1 Å². The Kier molecular flexibility index (Phi) is 13.1. The van der Waals surface area contributed by atoms with Gasteiger partial charge in [-0.1, -0.05) is 20.8 Å². The summed E-state index contributed by atoms with van der Waals surface area (Å²) in [4.78, 5) is 40.7. The van der Waals surface area contributed by atoms with E-state index in [9.17, 15) is 19.5 Å². The van der Waals surface area contributed by atoms with Gasteiger partial charge in [-0.25, -0.2) is 0 Å². The average molecular weight is 476 g/mol. The van der Waals surface area contributed by atoms with Gasteiger partial charge < -0.3 is 29.3 Å². The van der Waals surface area contributed by atoms with Crippen molar-refractivity contribution in [1.82, 2.24) is 4.90 Å². The molecule has 0 aliphatic carbocycles. The summed E-state index contributed by atoms with van der Waals surface area (Å²) >= 11 is 0. The van der Waals surface area contributed by atoms with Gasteiger partial charge >= 0.3 is 17.9 Å². The zero-order chi connectivity index (χ0) is 25.9. The first-order chi connectivity index (χ1) is 15.2. The van der Waals surface area contributed by atoms with Crippen LogP contribution in [0.2, 0.25) is 0 Å². The van der Waals surface area contributed by atoms with Gasteiger partial charge in [0.15, 0.2) is 0 Å². The third-order valence-electron chi connectivity index (χ3n) is 6.27. The van der Waals surface area contributed by atoms with E-state index >= 15 is 0 Å². The predicted octanol–water partition coefficient (Wildman–Crippen LogP) is 2.17. The Morgan fingerprint density at radius 3 is 1.91 bits per heavy atom. The number of aliphatic hydroxyl groups excluding tert-OH is 2. The van der Waals surface area contributed by atoms with Gasteiger partial charge in [0, 0.05) is 6.54 Å². The van der Waals surface area contributed by atoms with Gasteiger partial charge in [0.25, 0.3) is 0 Å². The molecule has 0 heterocycles. The van der Waals surface area contributed by atoms with E-state index in [2.05, 4.69) is 4.90 Å². The number of methoxy groups -OCH3 is 1. The Morgan fingerprint density at radius 2 is 1.45 bits per heavy atom. The van der Waals surface area contributed by atoms with Crippen LogP contribution in [0.15, 0.2) is 0 Å². The van der Waals surface area contributed by atoms with Crippen LogP contribution in [-0.4, -0.2) is 85.7 Å². The van der Waals surface area contributed by atoms with Crippen molar-refractivity contribution in [3.05, 3.63) is 0 Å². The highest BCUT2D eigenvalue weighted by atomic mass is 16.5. The highest BCUT2D eigenvalue weighted by Crippen LogP contribution is 2.45. The van der Waals surface area contributed by atoms with Crippen molar-refractivity contribution in [1.29, 1.82) is 0 Å². The minimum Gasteiger partial charge on any atom is -0.469 e. The second-order valence-electron chi connectivity index (χ2n) is 9.80. The Balaban J connectivity index is 5.78. The van der Waals surface area contributed by atoms with Crippen molar-refractivity contribution < 1.29 is 38.8 Å². The Hall–Kier alpha value is -1.71. The summed E-state index contributed by atoms with van der Waals surface area (Å²) in [6, 6.07) is 0. The molecule has 0 aliphatic rings. The second kappa shape index (κ2) is 13.9. The van der Waals surface area contributed by atoms with Crippen molar-refractivity contribution in [3.8, 4) is 0 Å². The molecular weight excluding hydrogens is 430 g/mol. The number of esters is 3. The molecule has 0 radical (unpaired) electrons. The standard InChI is InChI=1S/C24H45NO8/c1-9-23(6,20(29)31-8)17-24(7,21(30)32-13-12-25(10-2)11-3)16-22(4,5)19(28)33-15-18(27)14-26/h18,26-27H,9-17H2,1-8H3. The summed E-state index contributed by atoms with van der Waals surface area (Å²) in [7, 11) is 1.31. The number of hydrogen-bond donors (Lipinski definition) is 2. The molecule has 0 aromatic rings. The quantitative estimate of drug-likeness (QED) is 0.255. The highest BCUT2D eigenvalue weighted by molar-refractivity contribution is 5.82. The van der Waals surface area contributed by atoms with Crippen molar-refractivity contribution in [2.24, 2.45) is 16.2 Å². The van der Waals surface area contributed by atoms with Gasteiger partial charge in [0.1, 0.15) is 19.3 Å². The molecule has 0 fully saturated rings. The number of nitrogens with zero attached hydrogens (tertiary/aromatic N) is 1. The van der Waals surface area contributed by atoms with Gasteiger partial charge in [-0.15, -0.1) is 0 Å². The molecule has 3 atom stereocenters. The number of carbonyl (C=O) groups is 3. The lowest BCUT2D eigenvalue weighted by Gasteiger charge is -2.39. The summed E-state index contributed by atoms with van der Waals surface area (Å²) in [5.74, 6) is -1.54. The fourth-order valence-electron chi connectivity index (χ4n) is 4.10. The van der Waals surface area contributed by atoms with E-state index in [1.165, 1.54) is 7.11 Å². The normalized spacial score (nSPS) is 16.5. The van der Waals surface area contributed by atoms with Crippen molar-refractivity contribution >= 4 is 17.9 Å². The van der Waals surface area contributed by atoms with Gasteiger partial charge in [0.05, 0.1) is 30.0 Å². The summed E-state index contributed by atoms with van der Waals surface area (Å²) in [6.07, 6.45) is -0.548. The van der Waals surface area contributed by atoms with Crippen LogP contribution in [0.5, 0.6) is 0 Å². The van der Waals surface area contributed by atoms with Gasteiger partial charge in [-0.3, -0.25) is 14.4 Å². The monoisotopic (exact) mass is 475 g/mol. The molecule has 33 heavy (non-hydrogen) atoms. The van der Waals surface area contributed by atoms with E-state index < -0.39 is 46.9 Å². The number of hydrogen-bond acceptors (Lipinski definition) is 9. The van der Waals surface area contributed by atoms with E-state index in [0.29, 0.717) is 13.0 Å². The van der Waals surface area contributed by atoms with E-state index in [-0.39, 0.29) is 26.1 Å². The number of likely N-dealkylation sites (N-methyl/N-ethyl adjacent to an activating group) is 1. The molecule has 9 heteroatoms. The average Bonchev–Trinajstić information content (AvgIpc) is 2.78. The molecule has 0 amide bonds. The first-order valence-corrected chi connectivity index (χ1v) is 11.7. The summed E-state index contributed by atoms with van der Waals surface area (Å²) in [6.45, 7) is 14.2. The van der Waals surface area contributed by atoms with Crippen LogP contribution in [0.25, 0.3) is 0 Å². The van der Waals surface area contributed by atoms with Gasteiger partial charge in [-0.05, 0) is 60.0 Å². The van der Waals surface area contributed by atoms with Crippen LogP contribution in [0.3, 0.4) is 0 Å². The zero-order valence-electron chi connectivity index (χ0n) is 21.7. The molecule has 0 saturated carbocycles. The van der Waals surface area contributed by atoms with Gasteiger partial charge in [0.2, 0.25) is 0 Å². The summed E-state index contributed by atoms with van der Waals surface area (Å²) in [5, 5.41) is 18.4. The Morgan fingerprint density at radius 1 is 0.879 bits per heavy atom. The molecule has 0 spiro atoms. The highest BCUT2D eigenvalue weighted by Gasteiger charge is 2.49. The minimum absolute atomic E-state index is 0.0603. The molecule has 0 rings (SSSR count). The van der Waals surface area contributed by atoms with Crippen molar-refractivity contribution in [3.63, 3.8) is 0 Å². The molecule has 3 unspecified atom stereocenters. The van der Waals surface area contributed by atoms with Crippen LogP contribution in [-0.2, 0) is 28.6 Å². The SMILES string of the molecule is CCN(CC)CCOC(=O)C(C)(CC(C)(C)C(=O)OCC(O)CO)CC(C)(CC)C(=O)OC. The molecule has 0 aromatic heterocycles. The largest absolute Gasteiger partial charge is 0.469 e. The van der Waals surface area contributed by atoms with E-state index in [1.54, 1.807) is 27.7 Å². The van der Waals surface area contributed by atoms with Crippen LogP contribution < -0.4 is 0 Å². The molecule has 0 bridgehead atoms. The number of carbonyl (C=O) groups excluding carboxylic acids is 3. The lowest BCUT2D eigenvalue weighted by atomic mass is 9.65. The lowest BCUT2D eigenvalue weighted by Crippen LogP contribution is -2.45. The lowest BCUT2D eigenvalue weighted by molar-refractivity contribution is -0.169. The topological polar surface area (TPSA) is 123 Å². The first-order valence-electron chi connectivity index (χ1n) is 11.7. The fraction of sp³-hybridized carbons (Fsp3) is 0.875. The maximum absolute atomic E-state index is 13.3. The maximum Gasteiger partial charge on any atom is 0.311 e. The van der Waals surface area contributed by atoms with E-state index in [1.807, 2.05) is 20.8 Å². The third kappa shape index (κ3) is 9.59. The molecule has 0 saturated heterocycles. The summed E-state index contributed by atoms with van der Waals surface area (Å²) < 4.78 is 15.8. The number of aliphatic hydroxyl groups is 2. The van der Waals surface area contributed by atoms with Crippen LogP contribution in [0.4, 0.5) is 0 Å². The Labute approximate surface area is 198 Å². The predicted molar refractivity (Wildman–Crippen MR) is 124 cm³/mol. The molecule has 0 aromatic carbocycles.